The number of thioether (sulfide) groups is 1. The van der Waals surface area contributed by atoms with Gasteiger partial charge >= 0.3 is 0 Å². The molecule has 0 aliphatic rings. The fourth-order valence-corrected chi connectivity index (χ4v) is 3.83. The average molecular weight is 368 g/mol. The summed E-state index contributed by atoms with van der Waals surface area (Å²) in [7, 11) is 0. The molecular weight excluding hydrogens is 342 g/mol. The maximum atomic E-state index is 12.4. The zero-order chi connectivity index (χ0) is 18.5. The van der Waals surface area contributed by atoms with Gasteiger partial charge in [0.2, 0.25) is 5.91 Å². The minimum Gasteiger partial charge on any atom is -0.325 e. The summed E-state index contributed by atoms with van der Waals surface area (Å²) in [4.78, 5) is 17.0. The number of anilines is 1. The first-order chi connectivity index (χ1) is 12.6. The highest BCUT2D eigenvalue weighted by molar-refractivity contribution is 7.99. The van der Waals surface area contributed by atoms with Crippen LogP contribution in [0, 0.1) is 13.8 Å². The van der Waals surface area contributed by atoms with Crippen LogP contribution < -0.4 is 5.32 Å². The van der Waals surface area contributed by atoms with Crippen LogP contribution in [-0.2, 0) is 11.3 Å². The summed E-state index contributed by atoms with van der Waals surface area (Å²) < 4.78 is 2.23. The molecule has 0 aliphatic carbocycles. The fourth-order valence-electron chi connectivity index (χ4n) is 2.91. The third-order valence-corrected chi connectivity index (χ3v) is 5.50. The van der Waals surface area contributed by atoms with Crippen molar-refractivity contribution < 1.29 is 4.79 Å². The SMILES string of the molecule is CCCCn1c(SCC(=O)Nc2ccc3ccccc3c2)nc(C)c1C. The first-order valence-corrected chi connectivity index (χ1v) is 10.0. The van der Waals surface area contributed by atoms with Crippen molar-refractivity contribution in [3.63, 3.8) is 0 Å². The predicted octanol–water partition coefficient (Wildman–Crippen LogP) is 5.18. The smallest absolute Gasteiger partial charge is 0.234 e. The second kappa shape index (κ2) is 8.41. The molecule has 0 aliphatic heterocycles. The molecule has 2 aromatic carbocycles. The van der Waals surface area contributed by atoms with E-state index in [0.29, 0.717) is 5.75 Å². The van der Waals surface area contributed by atoms with Gasteiger partial charge in [-0.05, 0) is 43.2 Å². The molecule has 3 rings (SSSR count). The second-order valence-corrected chi connectivity index (χ2v) is 7.41. The molecule has 1 heterocycles. The number of nitrogens with one attached hydrogen (secondary N) is 1. The van der Waals surface area contributed by atoms with E-state index in [9.17, 15) is 4.79 Å². The van der Waals surface area contributed by atoms with Crippen molar-refractivity contribution in [1.82, 2.24) is 9.55 Å². The number of rotatable bonds is 7. The molecular formula is C21H25N3OS. The Bertz CT molecular complexity index is 917. The van der Waals surface area contributed by atoms with Crippen LogP contribution in [0.4, 0.5) is 5.69 Å². The number of aromatic nitrogens is 2. The highest BCUT2D eigenvalue weighted by Crippen LogP contribution is 2.23. The van der Waals surface area contributed by atoms with E-state index in [1.54, 1.807) is 0 Å². The molecule has 4 nitrogen and oxygen atoms in total. The van der Waals surface area contributed by atoms with Gasteiger partial charge in [-0.2, -0.15) is 0 Å². The highest BCUT2D eigenvalue weighted by atomic mass is 32.2. The summed E-state index contributed by atoms with van der Waals surface area (Å²) in [6.45, 7) is 7.26. The number of aryl methyl sites for hydroxylation is 1. The number of carbonyl (C=O) groups is 1. The molecule has 26 heavy (non-hydrogen) atoms. The van der Waals surface area contributed by atoms with Crippen LogP contribution in [-0.4, -0.2) is 21.2 Å². The van der Waals surface area contributed by atoms with Crippen LogP contribution in [0.25, 0.3) is 10.8 Å². The molecule has 0 atom stereocenters. The number of carbonyl (C=O) groups excluding carboxylic acids is 1. The molecule has 136 valence electrons. The third kappa shape index (κ3) is 4.28. The molecule has 0 spiro atoms. The van der Waals surface area contributed by atoms with E-state index in [1.165, 1.54) is 22.8 Å². The Hall–Kier alpha value is -2.27. The Morgan fingerprint density at radius 2 is 1.92 bits per heavy atom. The quantitative estimate of drug-likeness (QED) is 0.585. The van der Waals surface area contributed by atoms with E-state index in [-0.39, 0.29) is 5.91 Å². The number of nitrogens with zero attached hydrogens (tertiary/aromatic N) is 2. The number of hydrogen-bond acceptors (Lipinski definition) is 3. The lowest BCUT2D eigenvalue weighted by atomic mass is 10.1. The van der Waals surface area contributed by atoms with Gasteiger partial charge in [-0.25, -0.2) is 4.98 Å². The van der Waals surface area contributed by atoms with Gasteiger partial charge in [-0.3, -0.25) is 4.79 Å². The minimum absolute atomic E-state index is 0.00868. The molecule has 3 aromatic rings. The van der Waals surface area contributed by atoms with Gasteiger partial charge in [0.25, 0.3) is 0 Å². The summed E-state index contributed by atoms with van der Waals surface area (Å²) in [5.41, 5.74) is 3.06. The zero-order valence-corrected chi connectivity index (χ0v) is 16.4. The summed E-state index contributed by atoms with van der Waals surface area (Å²) in [6.07, 6.45) is 2.26. The van der Waals surface area contributed by atoms with Gasteiger partial charge in [0.1, 0.15) is 0 Å². The first-order valence-electron chi connectivity index (χ1n) is 9.03. The molecule has 0 unspecified atom stereocenters. The van der Waals surface area contributed by atoms with E-state index in [4.69, 9.17) is 0 Å². The monoisotopic (exact) mass is 367 g/mol. The first kappa shape index (κ1) is 18.5. The van der Waals surface area contributed by atoms with Crippen LogP contribution in [0.1, 0.15) is 31.2 Å². The zero-order valence-electron chi connectivity index (χ0n) is 15.6. The van der Waals surface area contributed by atoms with Crippen LogP contribution >= 0.6 is 11.8 Å². The summed E-state index contributed by atoms with van der Waals surface area (Å²) >= 11 is 1.50. The molecule has 1 N–H and O–H groups in total. The minimum atomic E-state index is -0.00868. The molecule has 0 saturated carbocycles. The standard InChI is InChI=1S/C21H25N3OS/c1-4-5-12-24-16(3)15(2)22-21(24)26-14-20(25)23-19-11-10-17-8-6-7-9-18(17)13-19/h6-11,13H,4-5,12,14H2,1-3H3,(H,23,25). The fraction of sp³-hybridized carbons (Fsp3) is 0.333. The van der Waals surface area contributed by atoms with Crippen molar-refractivity contribution in [2.75, 3.05) is 11.1 Å². The van der Waals surface area contributed by atoms with Crippen molar-refractivity contribution >= 4 is 34.1 Å². The second-order valence-electron chi connectivity index (χ2n) is 6.47. The van der Waals surface area contributed by atoms with Crippen LogP contribution in [0.3, 0.4) is 0 Å². The van der Waals surface area contributed by atoms with Gasteiger partial charge < -0.3 is 9.88 Å². The van der Waals surface area contributed by atoms with Gasteiger partial charge in [0.05, 0.1) is 11.4 Å². The summed E-state index contributed by atoms with van der Waals surface area (Å²) in [6, 6.07) is 14.1. The number of hydrogen-bond donors (Lipinski definition) is 1. The van der Waals surface area contributed by atoms with Gasteiger partial charge in [-0.15, -0.1) is 0 Å². The normalized spacial score (nSPS) is 11.0. The van der Waals surface area contributed by atoms with E-state index < -0.39 is 0 Å². The van der Waals surface area contributed by atoms with Gasteiger partial charge in [0, 0.05) is 17.9 Å². The molecule has 0 bridgehead atoms. The largest absolute Gasteiger partial charge is 0.325 e. The van der Waals surface area contributed by atoms with Crippen molar-refractivity contribution in [2.24, 2.45) is 0 Å². The van der Waals surface area contributed by atoms with E-state index in [2.05, 4.69) is 40.8 Å². The van der Waals surface area contributed by atoms with Crippen molar-refractivity contribution in [2.45, 2.75) is 45.3 Å². The molecule has 5 heteroatoms. The number of benzene rings is 2. The summed E-state index contributed by atoms with van der Waals surface area (Å²) in [5.74, 6) is 0.347. The molecule has 0 saturated heterocycles. The lowest BCUT2D eigenvalue weighted by molar-refractivity contribution is -0.113. The van der Waals surface area contributed by atoms with Gasteiger partial charge in [-0.1, -0.05) is 55.4 Å². The van der Waals surface area contributed by atoms with Crippen molar-refractivity contribution in [1.29, 1.82) is 0 Å². The summed E-state index contributed by atoms with van der Waals surface area (Å²) in [5, 5.41) is 6.22. The topological polar surface area (TPSA) is 46.9 Å². The number of fused-ring (bicyclic) bond motifs is 1. The highest BCUT2D eigenvalue weighted by Gasteiger charge is 2.13. The van der Waals surface area contributed by atoms with E-state index in [1.807, 2.05) is 37.3 Å². The number of unbranched alkanes of at least 4 members (excludes halogenated alkanes) is 1. The molecule has 0 fully saturated rings. The molecule has 0 radical (unpaired) electrons. The van der Waals surface area contributed by atoms with E-state index in [0.717, 1.165) is 41.3 Å². The van der Waals surface area contributed by atoms with Gasteiger partial charge in [0.15, 0.2) is 5.16 Å². The Kier molecular flexibility index (Phi) is 5.99. The average Bonchev–Trinajstić information content (AvgIpc) is 2.92. The predicted molar refractivity (Wildman–Crippen MR) is 110 cm³/mol. The maximum absolute atomic E-state index is 12.4. The van der Waals surface area contributed by atoms with E-state index >= 15 is 0 Å². The van der Waals surface area contributed by atoms with Crippen LogP contribution in [0.15, 0.2) is 47.6 Å². The Morgan fingerprint density at radius 1 is 1.15 bits per heavy atom. The lowest BCUT2D eigenvalue weighted by Gasteiger charge is -2.09. The van der Waals surface area contributed by atoms with Crippen LogP contribution in [0.5, 0.6) is 0 Å². The van der Waals surface area contributed by atoms with Crippen molar-refractivity contribution in [3.8, 4) is 0 Å². The Balaban J connectivity index is 1.64. The Morgan fingerprint density at radius 3 is 2.69 bits per heavy atom. The van der Waals surface area contributed by atoms with Crippen molar-refractivity contribution in [3.05, 3.63) is 53.9 Å². The number of imidazole rings is 1. The van der Waals surface area contributed by atoms with Crippen LogP contribution in [0.2, 0.25) is 0 Å². The molecule has 1 amide bonds. The lowest BCUT2D eigenvalue weighted by Crippen LogP contribution is -2.14. The third-order valence-electron chi connectivity index (χ3n) is 4.52. The molecule has 1 aromatic heterocycles. The maximum Gasteiger partial charge on any atom is 0.234 e. The number of amides is 1. The Labute approximate surface area is 159 Å².